The Kier molecular flexibility index (Phi) is 4.23. The molecule has 0 atom stereocenters. The van der Waals surface area contributed by atoms with Crippen LogP contribution in [-0.2, 0) is 13.0 Å². The van der Waals surface area contributed by atoms with Crippen molar-refractivity contribution in [2.24, 2.45) is 11.1 Å². The molecule has 0 unspecified atom stereocenters. The maximum atomic E-state index is 6.00. The van der Waals surface area contributed by atoms with Crippen molar-refractivity contribution in [3.63, 3.8) is 0 Å². The van der Waals surface area contributed by atoms with Crippen LogP contribution >= 0.6 is 11.3 Å². The minimum atomic E-state index is 0.327. The molecule has 2 rings (SSSR count). The van der Waals surface area contributed by atoms with E-state index < -0.39 is 0 Å². The van der Waals surface area contributed by atoms with Crippen LogP contribution in [0.1, 0.15) is 37.1 Å². The molecule has 0 spiro atoms. The lowest BCUT2D eigenvalue weighted by Gasteiger charge is -2.38. The Bertz CT molecular complexity index is 347. The first kappa shape index (κ1) is 13.1. The number of hydrogen-bond acceptors (Lipinski definition) is 3. The monoisotopic (exact) mass is 252 g/mol. The second-order valence-corrected chi connectivity index (χ2v) is 6.24. The molecule has 0 saturated carbocycles. The molecule has 1 aliphatic rings. The molecule has 17 heavy (non-hydrogen) atoms. The Morgan fingerprint density at radius 1 is 1.41 bits per heavy atom. The molecule has 0 fully saturated rings. The van der Waals surface area contributed by atoms with E-state index in [-0.39, 0.29) is 0 Å². The van der Waals surface area contributed by atoms with Gasteiger partial charge in [-0.25, -0.2) is 0 Å². The SMILES string of the molecule is CCC(CC)(CN)CN1CCc2sccc2C1. The van der Waals surface area contributed by atoms with Crippen LogP contribution in [0.4, 0.5) is 0 Å². The maximum absolute atomic E-state index is 6.00. The molecule has 0 saturated heterocycles. The summed E-state index contributed by atoms with van der Waals surface area (Å²) in [6, 6.07) is 2.29. The van der Waals surface area contributed by atoms with E-state index in [9.17, 15) is 0 Å². The van der Waals surface area contributed by atoms with E-state index in [2.05, 4.69) is 30.2 Å². The van der Waals surface area contributed by atoms with Gasteiger partial charge in [0.25, 0.3) is 0 Å². The first-order valence-corrected chi connectivity index (χ1v) is 7.58. The van der Waals surface area contributed by atoms with E-state index in [1.54, 1.807) is 10.4 Å². The Morgan fingerprint density at radius 2 is 2.18 bits per heavy atom. The highest BCUT2D eigenvalue weighted by Crippen LogP contribution is 2.30. The Labute approximate surface area is 109 Å². The van der Waals surface area contributed by atoms with Gasteiger partial charge in [-0.1, -0.05) is 13.8 Å². The summed E-state index contributed by atoms with van der Waals surface area (Å²) in [5, 5.41) is 2.23. The average Bonchev–Trinajstić information content (AvgIpc) is 2.83. The fraction of sp³-hybridized carbons (Fsp3) is 0.714. The first-order chi connectivity index (χ1) is 8.23. The van der Waals surface area contributed by atoms with Crippen LogP contribution in [-0.4, -0.2) is 24.5 Å². The fourth-order valence-electron chi connectivity index (χ4n) is 2.74. The van der Waals surface area contributed by atoms with Gasteiger partial charge in [0, 0.05) is 24.5 Å². The number of hydrogen-bond donors (Lipinski definition) is 1. The van der Waals surface area contributed by atoms with Crippen molar-refractivity contribution in [2.45, 2.75) is 39.7 Å². The van der Waals surface area contributed by atoms with E-state index in [1.165, 1.54) is 25.8 Å². The summed E-state index contributed by atoms with van der Waals surface area (Å²) >= 11 is 1.91. The van der Waals surface area contributed by atoms with E-state index in [1.807, 2.05) is 11.3 Å². The second-order valence-electron chi connectivity index (χ2n) is 5.24. The van der Waals surface area contributed by atoms with Crippen molar-refractivity contribution in [2.75, 3.05) is 19.6 Å². The van der Waals surface area contributed by atoms with Crippen LogP contribution in [0, 0.1) is 5.41 Å². The van der Waals surface area contributed by atoms with Gasteiger partial charge in [0.1, 0.15) is 0 Å². The number of nitrogens with zero attached hydrogens (tertiary/aromatic N) is 1. The average molecular weight is 252 g/mol. The number of nitrogens with two attached hydrogens (primary N) is 1. The fourth-order valence-corrected chi connectivity index (χ4v) is 3.63. The predicted octanol–water partition coefficient (Wildman–Crippen LogP) is 2.87. The summed E-state index contributed by atoms with van der Waals surface area (Å²) in [5.74, 6) is 0. The molecule has 1 aromatic rings. The van der Waals surface area contributed by atoms with Gasteiger partial charge in [0.15, 0.2) is 0 Å². The number of fused-ring (bicyclic) bond motifs is 1. The predicted molar refractivity (Wildman–Crippen MR) is 75.4 cm³/mol. The molecule has 0 aromatic carbocycles. The third-order valence-electron chi connectivity index (χ3n) is 4.38. The van der Waals surface area contributed by atoms with Gasteiger partial charge in [0.2, 0.25) is 0 Å². The van der Waals surface area contributed by atoms with Gasteiger partial charge >= 0.3 is 0 Å². The van der Waals surface area contributed by atoms with Crippen LogP contribution in [0.2, 0.25) is 0 Å². The van der Waals surface area contributed by atoms with Crippen LogP contribution in [0.5, 0.6) is 0 Å². The van der Waals surface area contributed by atoms with Crippen molar-refractivity contribution in [1.29, 1.82) is 0 Å². The van der Waals surface area contributed by atoms with E-state index >= 15 is 0 Å². The molecule has 2 nitrogen and oxygen atoms in total. The molecule has 1 aromatic heterocycles. The molecule has 0 aliphatic carbocycles. The van der Waals surface area contributed by atoms with Gasteiger partial charge in [-0.15, -0.1) is 11.3 Å². The molecule has 0 bridgehead atoms. The number of rotatable bonds is 5. The molecule has 3 heteroatoms. The third-order valence-corrected chi connectivity index (χ3v) is 5.40. The normalized spacial score (nSPS) is 17.1. The highest BCUT2D eigenvalue weighted by atomic mass is 32.1. The van der Waals surface area contributed by atoms with Gasteiger partial charge in [-0.05, 0) is 48.2 Å². The van der Waals surface area contributed by atoms with Crippen LogP contribution in [0.25, 0.3) is 0 Å². The van der Waals surface area contributed by atoms with E-state index in [0.29, 0.717) is 5.41 Å². The molecular weight excluding hydrogens is 228 g/mol. The lowest BCUT2D eigenvalue weighted by atomic mass is 9.81. The highest BCUT2D eigenvalue weighted by Gasteiger charge is 2.29. The highest BCUT2D eigenvalue weighted by molar-refractivity contribution is 7.10. The Balaban J connectivity index is 2.01. The first-order valence-electron chi connectivity index (χ1n) is 6.70. The van der Waals surface area contributed by atoms with Crippen molar-refractivity contribution < 1.29 is 0 Å². The van der Waals surface area contributed by atoms with Crippen molar-refractivity contribution in [3.8, 4) is 0 Å². The van der Waals surface area contributed by atoms with E-state index in [0.717, 1.165) is 19.6 Å². The summed E-state index contributed by atoms with van der Waals surface area (Å²) in [6.45, 7) is 8.85. The largest absolute Gasteiger partial charge is 0.330 e. The standard InChI is InChI=1S/C14H24N2S/c1-3-14(4-2,10-15)11-16-7-5-13-12(9-16)6-8-17-13/h6,8H,3-5,7,9-11,15H2,1-2H3. The zero-order valence-corrected chi connectivity index (χ0v) is 11.9. The molecule has 0 radical (unpaired) electrons. The topological polar surface area (TPSA) is 29.3 Å². The van der Waals surface area contributed by atoms with Gasteiger partial charge < -0.3 is 5.73 Å². The zero-order valence-electron chi connectivity index (χ0n) is 11.0. The molecule has 2 N–H and O–H groups in total. The third kappa shape index (κ3) is 2.72. The Morgan fingerprint density at radius 3 is 2.82 bits per heavy atom. The molecular formula is C14H24N2S. The summed E-state index contributed by atoms with van der Waals surface area (Å²) in [6.07, 6.45) is 3.60. The quantitative estimate of drug-likeness (QED) is 0.873. The van der Waals surface area contributed by atoms with Gasteiger partial charge in [0.05, 0.1) is 0 Å². The summed E-state index contributed by atoms with van der Waals surface area (Å²) in [7, 11) is 0. The summed E-state index contributed by atoms with van der Waals surface area (Å²) in [4.78, 5) is 4.18. The lowest BCUT2D eigenvalue weighted by molar-refractivity contribution is 0.133. The minimum Gasteiger partial charge on any atom is -0.330 e. The smallest absolute Gasteiger partial charge is 0.0245 e. The van der Waals surface area contributed by atoms with Crippen LogP contribution < -0.4 is 5.73 Å². The van der Waals surface area contributed by atoms with Crippen LogP contribution in [0.15, 0.2) is 11.4 Å². The molecule has 0 amide bonds. The minimum absolute atomic E-state index is 0.327. The Hall–Kier alpha value is -0.380. The second kappa shape index (κ2) is 5.51. The van der Waals surface area contributed by atoms with Crippen LogP contribution in [0.3, 0.4) is 0 Å². The molecule has 1 aliphatic heterocycles. The van der Waals surface area contributed by atoms with Gasteiger partial charge in [-0.3, -0.25) is 4.90 Å². The van der Waals surface area contributed by atoms with Crippen molar-refractivity contribution in [1.82, 2.24) is 4.90 Å². The molecule has 96 valence electrons. The molecule has 2 heterocycles. The van der Waals surface area contributed by atoms with Crippen molar-refractivity contribution in [3.05, 3.63) is 21.9 Å². The number of thiophene rings is 1. The lowest BCUT2D eigenvalue weighted by Crippen LogP contribution is -2.43. The summed E-state index contributed by atoms with van der Waals surface area (Å²) in [5.41, 5.74) is 7.86. The summed E-state index contributed by atoms with van der Waals surface area (Å²) < 4.78 is 0. The van der Waals surface area contributed by atoms with Crippen molar-refractivity contribution >= 4 is 11.3 Å². The van der Waals surface area contributed by atoms with E-state index in [4.69, 9.17) is 5.73 Å². The maximum Gasteiger partial charge on any atom is 0.0245 e. The van der Waals surface area contributed by atoms with Gasteiger partial charge in [-0.2, -0.15) is 0 Å². The zero-order chi connectivity index (χ0) is 12.3.